The van der Waals surface area contributed by atoms with E-state index in [-0.39, 0.29) is 11.9 Å². The molecule has 1 aromatic heterocycles. The molecular weight excluding hydrogens is 411 g/mol. The molecule has 0 atom stereocenters. The summed E-state index contributed by atoms with van der Waals surface area (Å²) in [5.74, 6) is 0.501. The van der Waals surface area contributed by atoms with Gasteiger partial charge in [-0.2, -0.15) is 4.98 Å². The molecule has 0 bridgehead atoms. The first-order valence-corrected chi connectivity index (χ1v) is 9.90. The van der Waals surface area contributed by atoms with Gasteiger partial charge in [-0.25, -0.2) is 5.10 Å². The standard InChI is InChI=1S/C20H24Cl2N6O/c1-3-5-10-18(29)24-13(7-4-2)8-6-9-15-16(21)11-14(12-17(15)22)25-20-26-19(23)27-28-20/h4,6-8,11-12H,2-3,5,9-10H2,1H3,(H,24,29)(H4,23,25,26,27,28). The number of aromatic amines is 1. The van der Waals surface area contributed by atoms with Gasteiger partial charge in [-0.1, -0.05) is 55.3 Å². The number of amides is 1. The second kappa shape index (κ2) is 11.3. The molecule has 9 heteroatoms. The van der Waals surface area contributed by atoms with E-state index in [0.29, 0.717) is 40.2 Å². The summed E-state index contributed by atoms with van der Waals surface area (Å²) >= 11 is 12.8. The molecule has 2 aromatic rings. The summed E-state index contributed by atoms with van der Waals surface area (Å²) in [7, 11) is 0. The molecule has 7 nitrogen and oxygen atoms in total. The summed E-state index contributed by atoms with van der Waals surface area (Å²) in [5, 5.41) is 13.3. The van der Waals surface area contributed by atoms with Crippen molar-refractivity contribution in [3.05, 3.63) is 64.3 Å². The van der Waals surface area contributed by atoms with Crippen LogP contribution in [0.3, 0.4) is 0 Å². The molecule has 5 N–H and O–H groups in total. The van der Waals surface area contributed by atoms with Gasteiger partial charge in [0.25, 0.3) is 0 Å². The normalized spacial score (nSPS) is 11.6. The van der Waals surface area contributed by atoms with E-state index in [1.807, 2.05) is 13.0 Å². The molecule has 0 saturated carbocycles. The molecule has 1 heterocycles. The van der Waals surface area contributed by atoms with Gasteiger partial charge in [0.1, 0.15) is 0 Å². The minimum Gasteiger partial charge on any atom is -0.368 e. The van der Waals surface area contributed by atoms with Crippen molar-refractivity contribution < 1.29 is 4.79 Å². The molecule has 0 aliphatic rings. The number of carbonyl (C=O) groups is 1. The number of anilines is 3. The number of H-pyrrole nitrogens is 1. The number of hydrogen-bond donors (Lipinski definition) is 4. The molecule has 1 amide bonds. The van der Waals surface area contributed by atoms with Gasteiger partial charge in [0, 0.05) is 27.9 Å². The highest BCUT2D eigenvalue weighted by Gasteiger charge is 2.09. The summed E-state index contributed by atoms with van der Waals surface area (Å²) in [6.45, 7) is 5.72. The van der Waals surface area contributed by atoms with E-state index in [9.17, 15) is 4.79 Å². The Labute approximate surface area is 180 Å². The van der Waals surface area contributed by atoms with Crippen molar-refractivity contribution in [2.24, 2.45) is 0 Å². The number of nitrogen functional groups attached to an aromatic ring is 1. The highest BCUT2D eigenvalue weighted by atomic mass is 35.5. The Balaban J connectivity index is 2.05. The number of unbranched alkanes of at least 4 members (excludes halogenated alkanes) is 1. The van der Waals surface area contributed by atoms with Gasteiger partial charge in [-0.05, 0) is 42.7 Å². The van der Waals surface area contributed by atoms with Crippen LogP contribution in [0.2, 0.25) is 10.0 Å². The number of halogens is 2. The SMILES string of the molecule is C=CC=C(C=CCc1c(Cl)cc(Nc2n[nH]c(N)n2)cc1Cl)NC(=O)CCCC. The lowest BCUT2D eigenvalue weighted by Crippen LogP contribution is -2.21. The smallest absolute Gasteiger partial charge is 0.248 e. The lowest BCUT2D eigenvalue weighted by molar-refractivity contribution is -0.120. The van der Waals surface area contributed by atoms with Crippen LogP contribution in [-0.4, -0.2) is 21.1 Å². The number of aromatic nitrogens is 3. The zero-order valence-electron chi connectivity index (χ0n) is 16.1. The van der Waals surface area contributed by atoms with Crippen LogP contribution in [0.15, 0.2) is 48.7 Å². The topological polar surface area (TPSA) is 109 Å². The Bertz CT molecular complexity index is 896. The highest BCUT2D eigenvalue weighted by Crippen LogP contribution is 2.30. The molecule has 29 heavy (non-hydrogen) atoms. The first-order valence-electron chi connectivity index (χ1n) is 9.14. The fraction of sp³-hybridized carbons (Fsp3) is 0.250. The second-order valence-corrected chi connectivity index (χ2v) is 7.02. The van der Waals surface area contributed by atoms with E-state index >= 15 is 0 Å². The minimum atomic E-state index is -0.0243. The van der Waals surface area contributed by atoms with E-state index in [1.165, 1.54) is 0 Å². The Kier molecular flexibility index (Phi) is 8.76. The van der Waals surface area contributed by atoms with Gasteiger partial charge in [-0.15, -0.1) is 5.10 Å². The predicted octanol–water partition coefficient (Wildman–Crippen LogP) is 4.91. The van der Waals surface area contributed by atoms with E-state index in [4.69, 9.17) is 28.9 Å². The first kappa shape index (κ1) is 22.5. The van der Waals surface area contributed by atoms with Crippen LogP contribution in [0.25, 0.3) is 0 Å². The average Bonchev–Trinajstić information content (AvgIpc) is 3.07. The van der Waals surface area contributed by atoms with Crippen LogP contribution in [0.5, 0.6) is 0 Å². The molecule has 0 radical (unpaired) electrons. The number of hydrogen-bond acceptors (Lipinski definition) is 5. The molecule has 0 fully saturated rings. The Morgan fingerprint density at radius 2 is 2.07 bits per heavy atom. The Hall–Kier alpha value is -2.77. The van der Waals surface area contributed by atoms with Gasteiger partial charge >= 0.3 is 0 Å². The molecule has 154 valence electrons. The molecule has 0 saturated heterocycles. The minimum absolute atomic E-state index is 0.0243. The third-order valence-corrected chi connectivity index (χ3v) is 4.53. The third-order valence-electron chi connectivity index (χ3n) is 3.86. The fourth-order valence-corrected chi connectivity index (χ4v) is 3.10. The number of rotatable bonds is 10. The number of nitrogens with two attached hydrogens (primary N) is 1. The van der Waals surface area contributed by atoms with Gasteiger partial charge in [0.15, 0.2) is 0 Å². The van der Waals surface area contributed by atoms with Gasteiger partial charge < -0.3 is 16.4 Å². The van der Waals surface area contributed by atoms with Crippen molar-refractivity contribution in [2.75, 3.05) is 11.1 Å². The third kappa shape index (κ3) is 7.29. The quantitative estimate of drug-likeness (QED) is 0.397. The Morgan fingerprint density at radius 1 is 1.34 bits per heavy atom. The molecule has 0 spiro atoms. The van der Waals surface area contributed by atoms with Crippen molar-refractivity contribution in [1.82, 2.24) is 20.5 Å². The number of carbonyl (C=O) groups excluding carboxylic acids is 1. The maximum Gasteiger partial charge on any atom is 0.248 e. The second-order valence-electron chi connectivity index (χ2n) is 6.20. The molecular formula is C20H24Cl2N6O. The van der Waals surface area contributed by atoms with Crippen molar-refractivity contribution in [1.29, 1.82) is 0 Å². The zero-order chi connectivity index (χ0) is 21.2. The van der Waals surface area contributed by atoms with Crippen LogP contribution < -0.4 is 16.4 Å². The molecule has 0 unspecified atom stereocenters. The van der Waals surface area contributed by atoms with Gasteiger partial charge in [0.2, 0.25) is 17.8 Å². The maximum absolute atomic E-state index is 11.9. The van der Waals surface area contributed by atoms with Crippen LogP contribution in [0.4, 0.5) is 17.6 Å². The van der Waals surface area contributed by atoms with E-state index in [2.05, 4.69) is 32.4 Å². The van der Waals surface area contributed by atoms with Crippen LogP contribution in [0, 0.1) is 0 Å². The number of nitrogens with zero attached hydrogens (tertiary/aromatic N) is 2. The lowest BCUT2D eigenvalue weighted by atomic mass is 10.1. The van der Waals surface area contributed by atoms with E-state index in [1.54, 1.807) is 30.4 Å². The molecule has 2 rings (SSSR count). The van der Waals surface area contributed by atoms with Crippen molar-refractivity contribution in [3.8, 4) is 0 Å². The monoisotopic (exact) mass is 434 g/mol. The van der Waals surface area contributed by atoms with Crippen LogP contribution >= 0.6 is 23.2 Å². The molecule has 1 aromatic carbocycles. The fourth-order valence-electron chi connectivity index (χ4n) is 2.46. The van der Waals surface area contributed by atoms with Crippen molar-refractivity contribution in [3.63, 3.8) is 0 Å². The van der Waals surface area contributed by atoms with Crippen molar-refractivity contribution >= 4 is 46.7 Å². The summed E-state index contributed by atoms with van der Waals surface area (Å²) in [6.07, 6.45) is 9.84. The first-order chi connectivity index (χ1) is 13.9. The number of allylic oxidation sites excluding steroid dienone is 4. The summed E-state index contributed by atoms with van der Waals surface area (Å²) < 4.78 is 0. The summed E-state index contributed by atoms with van der Waals surface area (Å²) in [5.41, 5.74) is 7.57. The average molecular weight is 435 g/mol. The predicted molar refractivity (Wildman–Crippen MR) is 119 cm³/mol. The van der Waals surface area contributed by atoms with Gasteiger partial charge in [0.05, 0.1) is 0 Å². The molecule has 0 aliphatic heterocycles. The number of nitrogens with one attached hydrogen (secondary N) is 3. The van der Waals surface area contributed by atoms with Crippen LogP contribution in [0.1, 0.15) is 31.7 Å². The van der Waals surface area contributed by atoms with E-state index in [0.717, 1.165) is 18.4 Å². The maximum atomic E-state index is 11.9. The summed E-state index contributed by atoms with van der Waals surface area (Å²) in [4.78, 5) is 15.9. The zero-order valence-corrected chi connectivity index (χ0v) is 17.6. The van der Waals surface area contributed by atoms with Gasteiger partial charge in [-0.3, -0.25) is 4.79 Å². The Morgan fingerprint density at radius 3 is 2.66 bits per heavy atom. The largest absolute Gasteiger partial charge is 0.368 e. The van der Waals surface area contributed by atoms with Crippen molar-refractivity contribution in [2.45, 2.75) is 32.6 Å². The van der Waals surface area contributed by atoms with Crippen LogP contribution in [-0.2, 0) is 11.2 Å². The highest BCUT2D eigenvalue weighted by molar-refractivity contribution is 6.36. The lowest BCUT2D eigenvalue weighted by Gasteiger charge is -2.09. The number of benzene rings is 1. The van der Waals surface area contributed by atoms with E-state index < -0.39 is 0 Å². The molecule has 0 aliphatic carbocycles. The summed E-state index contributed by atoms with van der Waals surface area (Å²) in [6, 6.07) is 3.46.